The van der Waals surface area contributed by atoms with Gasteiger partial charge in [0.1, 0.15) is 6.34 Å². The zero-order valence-corrected chi connectivity index (χ0v) is 23.3. The third kappa shape index (κ3) is 6.55. The molecule has 0 spiro atoms. The van der Waals surface area contributed by atoms with E-state index in [9.17, 15) is 22.0 Å². The molecule has 0 saturated carbocycles. The van der Waals surface area contributed by atoms with Crippen LogP contribution < -0.4 is 14.5 Å². The van der Waals surface area contributed by atoms with Crippen molar-refractivity contribution in [3.63, 3.8) is 0 Å². The number of hydrazone groups is 1. The van der Waals surface area contributed by atoms with Gasteiger partial charge >= 0.3 is 6.18 Å². The van der Waals surface area contributed by atoms with Crippen molar-refractivity contribution in [2.75, 3.05) is 9.91 Å². The molecule has 4 aromatic rings. The molecular weight excluding hydrogens is 706 g/mol. The van der Waals surface area contributed by atoms with E-state index < -0.39 is 29.8 Å². The average Bonchev–Trinajstić information content (AvgIpc) is 3.26. The quantitative estimate of drug-likeness (QED) is 0.105. The van der Waals surface area contributed by atoms with Crippen molar-refractivity contribution in [1.82, 2.24) is 4.98 Å². The van der Waals surface area contributed by atoms with Gasteiger partial charge in [0, 0.05) is 32.8 Å². The number of para-hydroxylation sites is 1. The number of hydrogen-bond acceptors (Lipinski definition) is 4. The molecule has 0 fully saturated rings. The molecule has 5 nitrogen and oxygen atoms in total. The summed E-state index contributed by atoms with van der Waals surface area (Å²) in [5.74, 6) is -1.76. The predicted octanol–water partition coefficient (Wildman–Crippen LogP) is 6.45. The van der Waals surface area contributed by atoms with Crippen LogP contribution in [0.1, 0.15) is 16.7 Å². The van der Waals surface area contributed by atoms with Gasteiger partial charge in [-0.15, -0.1) is 12.1 Å². The van der Waals surface area contributed by atoms with Crippen molar-refractivity contribution in [1.29, 1.82) is 0 Å². The first-order valence-corrected chi connectivity index (χ1v) is 11.5. The van der Waals surface area contributed by atoms with Crippen LogP contribution in [0.4, 0.5) is 33.3 Å². The first-order chi connectivity index (χ1) is 18.5. The predicted molar refractivity (Wildman–Crippen MR) is 140 cm³/mol. The zero-order chi connectivity index (χ0) is 28.3. The number of hydrogen-bond donors (Lipinski definition) is 0. The second-order valence-corrected chi connectivity index (χ2v) is 8.47. The third-order valence-electron chi connectivity index (χ3n) is 5.83. The first kappa shape index (κ1) is 30.5. The average molecular weight is 729 g/mol. The molecule has 211 valence electrons. The number of halogens is 5. The molecule has 1 atom stereocenters. The molecule has 0 N–H and O–H groups in total. The molecule has 5 rings (SSSR count). The van der Waals surface area contributed by atoms with E-state index >= 15 is 0 Å². The van der Waals surface area contributed by atoms with Gasteiger partial charge in [-0.05, 0) is 29.5 Å². The van der Waals surface area contributed by atoms with Gasteiger partial charge in [0.05, 0.1) is 11.9 Å². The second-order valence-electron chi connectivity index (χ2n) is 8.47. The first-order valence-electron chi connectivity index (χ1n) is 11.5. The maximum atomic E-state index is 13.5. The van der Waals surface area contributed by atoms with E-state index in [-0.39, 0.29) is 36.8 Å². The Morgan fingerprint density at radius 2 is 1.55 bits per heavy atom. The Labute approximate surface area is 242 Å². The summed E-state index contributed by atoms with van der Waals surface area (Å²) in [6.45, 7) is 11.4. The topological polar surface area (TPSA) is 35.6 Å². The molecule has 0 saturated heterocycles. The molecule has 3 heterocycles. The van der Waals surface area contributed by atoms with E-state index in [4.69, 9.17) is 0 Å². The van der Waals surface area contributed by atoms with E-state index in [0.29, 0.717) is 11.4 Å². The van der Waals surface area contributed by atoms with Crippen molar-refractivity contribution in [2.45, 2.75) is 12.3 Å². The monoisotopic (exact) mass is 729 g/mol. The number of rotatable bonds is 3. The van der Waals surface area contributed by atoms with Gasteiger partial charge in [0.2, 0.25) is 0 Å². The number of benzene rings is 2. The standard InChI is InChI=1S/C17H14F3N3.C12H9F2N2.Ir/c1-12-10-14(17(18,19)20)8-9-16(12)23-13(2)22(11-21-23)15-6-4-3-5-7-15;1-8-7-10(13)15-12(14)11(8)9-5-3-4-6-16(9)2;/h3-11,13H,1-2H2;3-7H,1-2H2;/q-2;-1;. The van der Waals surface area contributed by atoms with Gasteiger partial charge in [-0.2, -0.15) is 47.6 Å². The molecule has 1 radical (unpaired) electrons. The van der Waals surface area contributed by atoms with Gasteiger partial charge in [0.25, 0.3) is 0 Å². The van der Waals surface area contributed by atoms with E-state index in [2.05, 4.69) is 37.9 Å². The maximum absolute atomic E-state index is 13.5. The van der Waals surface area contributed by atoms with Crippen molar-refractivity contribution >= 4 is 17.7 Å². The third-order valence-corrected chi connectivity index (χ3v) is 5.83. The molecule has 0 aliphatic carbocycles. The van der Waals surface area contributed by atoms with Crippen LogP contribution in [0.15, 0.2) is 84.1 Å². The maximum Gasteiger partial charge on any atom is 0.405 e. The minimum Gasteiger partial charge on any atom is -0.343 e. The van der Waals surface area contributed by atoms with Crippen LogP contribution in [-0.4, -0.2) is 17.5 Å². The normalized spacial score (nSPS) is 14.4. The molecule has 40 heavy (non-hydrogen) atoms. The van der Waals surface area contributed by atoms with Crippen LogP contribution in [0.2, 0.25) is 0 Å². The summed E-state index contributed by atoms with van der Waals surface area (Å²) in [6, 6.07) is 19.2. The SMILES string of the molecule is [CH2-]c1cc(C(F)(F)F)ccc1N1N=CN(c2ccccc2)C1[CH2-].[CH2-]c1cc(F)nc(F)c1-c1cccc[n+]1[CH2-].[Ir]. The molecule has 0 bridgehead atoms. The Bertz CT molecular complexity index is 1470. The van der Waals surface area contributed by atoms with Gasteiger partial charge in [0.15, 0.2) is 11.9 Å². The molecule has 1 aliphatic rings. The van der Waals surface area contributed by atoms with E-state index in [1.807, 2.05) is 35.2 Å². The van der Waals surface area contributed by atoms with Gasteiger partial charge in [-0.3, -0.25) is 0 Å². The van der Waals surface area contributed by atoms with Crippen LogP contribution >= 0.6 is 0 Å². The molecular formula is C29H23F5IrN5-3. The summed E-state index contributed by atoms with van der Waals surface area (Å²) >= 11 is 0. The van der Waals surface area contributed by atoms with Crippen molar-refractivity contribution in [2.24, 2.45) is 5.10 Å². The summed E-state index contributed by atoms with van der Waals surface area (Å²) in [6.07, 6.45) is -1.53. The van der Waals surface area contributed by atoms with Crippen molar-refractivity contribution < 1.29 is 46.6 Å². The number of aromatic nitrogens is 2. The number of alkyl halides is 3. The summed E-state index contributed by atoms with van der Waals surface area (Å²) in [5, 5.41) is 5.80. The minimum atomic E-state index is -4.39. The molecule has 1 aliphatic heterocycles. The van der Waals surface area contributed by atoms with Gasteiger partial charge < -0.3 is 21.4 Å². The fourth-order valence-corrected chi connectivity index (χ4v) is 3.93. The summed E-state index contributed by atoms with van der Waals surface area (Å²) in [5.41, 5.74) is 1.82. The molecule has 2 aromatic carbocycles. The van der Waals surface area contributed by atoms with E-state index in [1.54, 1.807) is 35.7 Å². The Kier molecular flexibility index (Phi) is 9.44. The zero-order valence-electron chi connectivity index (χ0n) is 20.9. The fraction of sp³-hybridized carbons (Fsp3) is 0.0690. The van der Waals surface area contributed by atoms with Crippen LogP contribution in [0.25, 0.3) is 11.3 Å². The summed E-state index contributed by atoms with van der Waals surface area (Å²) in [4.78, 5) is 4.97. The van der Waals surface area contributed by atoms with Crippen molar-refractivity contribution in [3.8, 4) is 11.3 Å². The van der Waals surface area contributed by atoms with Crippen LogP contribution in [0.3, 0.4) is 0 Å². The van der Waals surface area contributed by atoms with Gasteiger partial charge in [-0.1, -0.05) is 54.1 Å². The van der Waals surface area contributed by atoms with E-state index in [0.717, 1.165) is 23.9 Å². The van der Waals surface area contributed by atoms with E-state index in [1.165, 1.54) is 10.6 Å². The fourth-order valence-electron chi connectivity index (χ4n) is 3.93. The van der Waals surface area contributed by atoms with Crippen LogP contribution in [0, 0.1) is 39.7 Å². The Morgan fingerprint density at radius 1 is 0.875 bits per heavy atom. The van der Waals surface area contributed by atoms with Crippen LogP contribution in [0.5, 0.6) is 0 Å². The number of pyridine rings is 2. The Balaban J connectivity index is 0.000000229. The molecule has 1 unspecified atom stereocenters. The second kappa shape index (κ2) is 12.4. The number of anilines is 2. The molecule has 0 amide bonds. The summed E-state index contributed by atoms with van der Waals surface area (Å²) in [7, 11) is 3.70. The van der Waals surface area contributed by atoms with Crippen molar-refractivity contribution in [3.05, 3.63) is 135 Å². The van der Waals surface area contributed by atoms with Gasteiger partial charge in [-0.25, -0.2) is 9.37 Å². The number of nitrogens with zero attached hydrogens (tertiary/aromatic N) is 5. The van der Waals surface area contributed by atoms with Crippen LogP contribution in [-0.2, 0) is 26.3 Å². The smallest absolute Gasteiger partial charge is 0.343 e. The Hall–Kier alpha value is -4.08. The minimum absolute atomic E-state index is 0. The largest absolute Gasteiger partial charge is 0.405 e. The summed E-state index contributed by atoms with van der Waals surface area (Å²) < 4.78 is 66.1. The molecule has 11 heteroatoms. The molecule has 2 aromatic heterocycles. The Morgan fingerprint density at radius 3 is 2.15 bits per heavy atom.